The van der Waals surface area contributed by atoms with E-state index in [0.29, 0.717) is 29.1 Å². The summed E-state index contributed by atoms with van der Waals surface area (Å²) in [6, 6.07) is 17.8. The number of Topliss-reactive ketones (excluding diaryl/α,β-unsaturated/α-hetero) is 1. The molecule has 8 nitrogen and oxygen atoms in total. The van der Waals surface area contributed by atoms with Crippen LogP contribution in [0, 0.1) is 12.8 Å². The molecule has 8 N–H and O–H groups in total. The SMILES string of the molecule is Cc1cc(Oc2ccccc2)ccc1C1(N)C(=O)C(N)C2c3c1ccc(N)c3SC2NC(=O)[C@H]1CCNC1. The van der Waals surface area contributed by atoms with Gasteiger partial charge in [-0.1, -0.05) is 42.1 Å². The molecule has 5 atom stereocenters. The summed E-state index contributed by atoms with van der Waals surface area (Å²) in [5.41, 5.74) is 22.3. The summed E-state index contributed by atoms with van der Waals surface area (Å²) >= 11 is 1.46. The van der Waals surface area contributed by atoms with Gasteiger partial charge in [0, 0.05) is 23.0 Å². The fourth-order valence-corrected chi connectivity index (χ4v) is 7.46. The number of thioether (sulfide) groups is 1. The molecule has 1 fully saturated rings. The summed E-state index contributed by atoms with van der Waals surface area (Å²) in [5, 5.41) is 5.99. The van der Waals surface area contributed by atoms with Crippen LogP contribution in [0.1, 0.15) is 34.6 Å². The van der Waals surface area contributed by atoms with Crippen molar-refractivity contribution in [3.05, 3.63) is 82.9 Å². The molecule has 9 heteroatoms. The van der Waals surface area contributed by atoms with E-state index >= 15 is 0 Å². The minimum Gasteiger partial charge on any atom is -0.457 e. The number of carbonyl (C=O) groups excluding carboxylic acids is 2. The second kappa shape index (κ2) is 9.43. The lowest BCUT2D eigenvalue weighted by molar-refractivity contribution is -0.127. The largest absolute Gasteiger partial charge is 0.457 e. The van der Waals surface area contributed by atoms with Crippen LogP contribution < -0.4 is 32.6 Å². The second-order valence-corrected chi connectivity index (χ2v) is 11.4. The number of ketones is 1. The monoisotopic (exact) mass is 529 g/mol. The molecule has 4 unspecified atom stereocenters. The van der Waals surface area contributed by atoms with Crippen LogP contribution in [0.3, 0.4) is 0 Å². The summed E-state index contributed by atoms with van der Waals surface area (Å²) in [5.74, 6) is 0.533. The van der Waals surface area contributed by atoms with E-state index in [0.717, 1.165) is 34.7 Å². The highest BCUT2D eigenvalue weighted by Gasteiger charge is 2.56. The van der Waals surface area contributed by atoms with Crippen LogP contribution in [0.5, 0.6) is 11.5 Å². The van der Waals surface area contributed by atoms with Crippen molar-refractivity contribution in [2.24, 2.45) is 17.4 Å². The molecule has 0 aromatic heterocycles. The first-order valence-electron chi connectivity index (χ1n) is 12.8. The van der Waals surface area contributed by atoms with E-state index in [2.05, 4.69) is 10.6 Å². The number of carbonyl (C=O) groups is 2. The summed E-state index contributed by atoms with van der Waals surface area (Å²) < 4.78 is 5.99. The number of aryl methyl sites for hydroxylation is 1. The van der Waals surface area contributed by atoms with Crippen molar-refractivity contribution in [1.29, 1.82) is 0 Å². The molecule has 2 heterocycles. The number of benzene rings is 3. The Hall–Kier alpha value is -3.37. The van der Waals surface area contributed by atoms with E-state index in [1.165, 1.54) is 11.8 Å². The van der Waals surface area contributed by atoms with E-state index in [9.17, 15) is 9.59 Å². The molecular formula is C29H31N5O3S. The Labute approximate surface area is 225 Å². The molecule has 0 radical (unpaired) electrons. The predicted octanol–water partition coefficient (Wildman–Crippen LogP) is 2.72. The third-order valence-corrected chi connectivity index (χ3v) is 9.31. The lowest BCUT2D eigenvalue weighted by Gasteiger charge is -2.42. The van der Waals surface area contributed by atoms with E-state index < -0.39 is 22.9 Å². The molecule has 1 amide bonds. The fourth-order valence-electron chi connectivity index (χ4n) is 6.00. The van der Waals surface area contributed by atoms with Crippen molar-refractivity contribution in [2.75, 3.05) is 18.8 Å². The van der Waals surface area contributed by atoms with E-state index in [1.807, 2.05) is 61.5 Å². The molecule has 6 rings (SSSR count). The summed E-state index contributed by atoms with van der Waals surface area (Å²) in [7, 11) is 0. The van der Waals surface area contributed by atoms with Gasteiger partial charge in [0.15, 0.2) is 5.78 Å². The molecule has 2 aliphatic heterocycles. The number of nitrogens with two attached hydrogens (primary N) is 3. The molecule has 1 saturated heterocycles. The minimum absolute atomic E-state index is 0.0329. The van der Waals surface area contributed by atoms with Gasteiger partial charge in [0.25, 0.3) is 0 Å². The quantitative estimate of drug-likeness (QED) is 0.317. The molecule has 3 aliphatic rings. The van der Waals surface area contributed by atoms with Crippen molar-refractivity contribution < 1.29 is 14.3 Å². The van der Waals surface area contributed by atoms with Gasteiger partial charge in [-0.25, -0.2) is 0 Å². The Bertz CT molecular complexity index is 1430. The number of para-hydroxylation sites is 1. The number of rotatable bonds is 5. The Morgan fingerprint density at radius 3 is 2.58 bits per heavy atom. The maximum Gasteiger partial charge on any atom is 0.225 e. The van der Waals surface area contributed by atoms with Gasteiger partial charge in [-0.2, -0.15) is 0 Å². The Morgan fingerprint density at radius 1 is 1.11 bits per heavy atom. The zero-order valence-corrected chi connectivity index (χ0v) is 21.9. The second-order valence-electron chi connectivity index (χ2n) is 10.3. The highest BCUT2D eigenvalue weighted by molar-refractivity contribution is 8.00. The summed E-state index contributed by atoms with van der Waals surface area (Å²) in [6.07, 6.45) is 0.786. The maximum atomic E-state index is 14.1. The van der Waals surface area contributed by atoms with Crippen LogP contribution in [0.4, 0.5) is 5.69 Å². The van der Waals surface area contributed by atoms with Gasteiger partial charge < -0.3 is 32.6 Å². The van der Waals surface area contributed by atoms with Crippen LogP contribution in [0.15, 0.2) is 65.6 Å². The van der Waals surface area contributed by atoms with E-state index in [4.69, 9.17) is 21.9 Å². The molecule has 0 spiro atoms. The number of nitrogens with one attached hydrogen (secondary N) is 2. The van der Waals surface area contributed by atoms with Gasteiger partial charge >= 0.3 is 0 Å². The molecule has 3 aromatic rings. The van der Waals surface area contributed by atoms with E-state index in [-0.39, 0.29) is 17.6 Å². The number of anilines is 1. The Balaban J connectivity index is 1.38. The third kappa shape index (κ3) is 3.89. The smallest absolute Gasteiger partial charge is 0.225 e. The molecule has 0 bridgehead atoms. The molecular weight excluding hydrogens is 498 g/mol. The number of hydrogen-bond donors (Lipinski definition) is 5. The average molecular weight is 530 g/mol. The van der Waals surface area contributed by atoms with Crippen LogP contribution >= 0.6 is 11.8 Å². The standard InChI is InChI=1S/C29H31N5O3S/c1-15-13-18(37-17-5-3-2-4-6-17)7-8-19(15)29(32)20-9-10-21(30)25-22(20)23(24(31)26(29)35)28(38-25)34-27(36)16-11-12-33-14-16/h2-10,13,16,23-24,28,33H,11-12,14,30-32H2,1H3,(H,34,36)/t16-,23?,24?,28?,29?/m0/s1. The highest BCUT2D eigenvalue weighted by Crippen LogP contribution is 2.55. The van der Waals surface area contributed by atoms with Crippen molar-refractivity contribution in [3.63, 3.8) is 0 Å². The number of ether oxygens (including phenoxy) is 1. The lowest BCUT2D eigenvalue weighted by atomic mass is 9.65. The summed E-state index contributed by atoms with van der Waals surface area (Å²) in [6.45, 7) is 3.38. The minimum atomic E-state index is -1.46. The number of nitrogen functional groups attached to an aromatic ring is 1. The zero-order chi connectivity index (χ0) is 26.6. The average Bonchev–Trinajstić information content (AvgIpc) is 3.57. The first-order chi connectivity index (χ1) is 18.3. The van der Waals surface area contributed by atoms with E-state index in [1.54, 1.807) is 6.07 Å². The topological polar surface area (TPSA) is 145 Å². The molecule has 1 aliphatic carbocycles. The molecule has 38 heavy (non-hydrogen) atoms. The number of amides is 1. The third-order valence-electron chi connectivity index (χ3n) is 7.95. The fraction of sp³-hybridized carbons (Fsp3) is 0.310. The highest BCUT2D eigenvalue weighted by atomic mass is 32.2. The van der Waals surface area contributed by atoms with Gasteiger partial charge in [-0.05, 0) is 72.5 Å². The first kappa shape index (κ1) is 24.9. The van der Waals surface area contributed by atoms with Crippen molar-refractivity contribution in [3.8, 4) is 11.5 Å². The molecule has 196 valence electrons. The van der Waals surface area contributed by atoms with Crippen LogP contribution in [-0.4, -0.2) is 36.2 Å². The first-order valence-corrected chi connectivity index (χ1v) is 13.7. The van der Waals surface area contributed by atoms with Crippen LogP contribution in [0.2, 0.25) is 0 Å². The molecule has 0 saturated carbocycles. The lowest BCUT2D eigenvalue weighted by Crippen LogP contribution is -2.61. The number of hydrogen-bond acceptors (Lipinski definition) is 8. The van der Waals surface area contributed by atoms with Crippen LogP contribution in [-0.2, 0) is 15.1 Å². The summed E-state index contributed by atoms with van der Waals surface area (Å²) in [4.78, 5) is 27.9. The normalized spacial score (nSPS) is 27.7. The Kier molecular flexibility index (Phi) is 6.19. The molecule has 3 aromatic carbocycles. The van der Waals surface area contributed by atoms with Gasteiger partial charge in [0.05, 0.1) is 17.3 Å². The van der Waals surface area contributed by atoms with Crippen molar-refractivity contribution in [2.45, 2.75) is 41.1 Å². The van der Waals surface area contributed by atoms with Gasteiger partial charge in [0.2, 0.25) is 5.91 Å². The van der Waals surface area contributed by atoms with Gasteiger partial charge in [-0.3, -0.25) is 9.59 Å². The van der Waals surface area contributed by atoms with Crippen molar-refractivity contribution >= 4 is 29.1 Å². The zero-order valence-electron chi connectivity index (χ0n) is 21.1. The van der Waals surface area contributed by atoms with Crippen molar-refractivity contribution in [1.82, 2.24) is 10.6 Å². The Morgan fingerprint density at radius 2 is 1.87 bits per heavy atom. The predicted molar refractivity (Wildman–Crippen MR) is 148 cm³/mol. The van der Waals surface area contributed by atoms with Crippen LogP contribution in [0.25, 0.3) is 0 Å². The van der Waals surface area contributed by atoms with Gasteiger partial charge in [0.1, 0.15) is 17.0 Å². The maximum absolute atomic E-state index is 14.1. The van der Waals surface area contributed by atoms with Gasteiger partial charge in [-0.15, -0.1) is 0 Å².